The number of aryl methyl sites for hydroxylation is 1. The van der Waals surface area contributed by atoms with Gasteiger partial charge in [0.2, 0.25) is 8.32 Å². The molecular weight excluding hydrogens is 348 g/mol. The van der Waals surface area contributed by atoms with Crippen molar-refractivity contribution < 1.29 is 9.16 Å². The molecule has 0 bridgehead atoms. The average Bonchev–Trinajstić information content (AvgIpc) is 2.52. The molecule has 2 atom stereocenters. The van der Waals surface area contributed by atoms with Crippen molar-refractivity contribution in [2.75, 3.05) is 0 Å². The molecule has 1 aliphatic carbocycles. The third kappa shape index (κ3) is 4.61. The van der Waals surface area contributed by atoms with Crippen LogP contribution in [0.4, 0.5) is 0 Å². The van der Waals surface area contributed by atoms with Gasteiger partial charge in [-0.1, -0.05) is 31.4 Å². The van der Waals surface area contributed by atoms with Crippen LogP contribution in [0.1, 0.15) is 76.8 Å². The number of rotatable bonds is 6. The van der Waals surface area contributed by atoms with E-state index in [2.05, 4.69) is 65.5 Å². The van der Waals surface area contributed by atoms with E-state index < -0.39 is 8.32 Å². The van der Waals surface area contributed by atoms with E-state index in [1.807, 2.05) is 0 Å². The maximum Gasteiger partial charge on any atom is 0.242 e. The van der Waals surface area contributed by atoms with Gasteiger partial charge in [0.25, 0.3) is 0 Å². The molecule has 0 aromatic heterocycles. The fourth-order valence-electron chi connectivity index (χ4n) is 4.70. The van der Waals surface area contributed by atoms with E-state index in [1.54, 1.807) is 0 Å². The Kier molecular flexibility index (Phi) is 5.81. The van der Waals surface area contributed by atoms with Gasteiger partial charge in [0.1, 0.15) is 17.1 Å². The summed E-state index contributed by atoms with van der Waals surface area (Å²) < 4.78 is 13.3. The Morgan fingerprint density at radius 3 is 2.59 bits per heavy atom. The Labute approximate surface area is 167 Å². The van der Waals surface area contributed by atoms with Gasteiger partial charge in [0.15, 0.2) is 0 Å². The zero-order chi connectivity index (χ0) is 19.8. The van der Waals surface area contributed by atoms with E-state index in [0.29, 0.717) is 11.8 Å². The monoisotopic (exact) mass is 386 g/mol. The summed E-state index contributed by atoms with van der Waals surface area (Å²) in [4.78, 5) is 0. The van der Waals surface area contributed by atoms with Gasteiger partial charge in [-0.2, -0.15) is 0 Å². The van der Waals surface area contributed by atoms with Crippen LogP contribution in [0.3, 0.4) is 0 Å². The molecule has 3 rings (SSSR count). The third-order valence-electron chi connectivity index (χ3n) is 6.00. The first kappa shape index (κ1) is 20.5. The molecule has 1 aromatic rings. The second-order valence-corrected chi connectivity index (χ2v) is 14.5. The first-order valence-electron chi connectivity index (χ1n) is 10.8. The highest BCUT2D eigenvalue weighted by molar-refractivity contribution is 6.70. The lowest BCUT2D eigenvalue weighted by atomic mass is 9.68. The van der Waals surface area contributed by atoms with Crippen molar-refractivity contribution in [2.45, 2.75) is 97.4 Å². The van der Waals surface area contributed by atoms with E-state index in [4.69, 9.17) is 9.16 Å². The second-order valence-electron chi connectivity index (χ2n) is 10.1. The molecule has 0 saturated heterocycles. The highest BCUT2D eigenvalue weighted by atomic mass is 28.4. The predicted molar refractivity (Wildman–Crippen MR) is 118 cm³/mol. The van der Waals surface area contributed by atoms with Gasteiger partial charge in [-0.05, 0) is 83.8 Å². The maximum atomic E-state index is 6.63. The molecule has 0 N–H and O–H groups in total. The van der Waals surface area contributed by atoms with E-state index in [-0.39, 0.29) is 5.60 Å². The van der Waals surface area contributed by atoms with Crippen molar-refractivity contribution in [2.24, 2.45) is 5.92 Å². The summed E-state index contributed by atoms with van der Waals surface area (Å²) in [6.45, 7) is 15.9. The molecule has 0 amide bonds. The lowest BCUT2D eigenvalue weighted by molar-refractivity contribution is 0.0110. The van der Waals surface area contributed by atoms with E-state index in [1.165, 1.54) is 48.8 Å². The number of ether oxygens (including phenoxy) is 1. The Balaban J connectivity index is 2.09. The van der Waals surface area contributed by atoms with E-state index in [9.17, 15) is 0 Å². The summed E-state index contributed by atoms with van der Waals surface area (Å²) >= 11 is 0. The minimum Gasteiger partial charge on any atom is -0.544 e. The minimum absolute atomic E-state index is 0.132. The highest BCUT2D eigenvalue weighted by Gasteiger charge is 2.45. The first-order valence-corrected chi connectivity index (χ1v) is 14.2. The number of unbranched alkanes of at least 4 members (excludes halogenated alkanes) is 2. The van der Waals surface area contributed by atoms with Gasteiger partial charge in [0, 0.05) is 17.4 Å². The molecule has 1 aromatic carbocycles. The van der Waals surface area contributed by atoms with Gasteiger partial charge in [0.05, 0.1) is 0 Å². The zero-order valence-electron chi connectivity index (χ0n) is 18.4. The van der Waals surface area contributed by atoms with Crippen LogP contribution in [0.15, 0.2) is 23.8 Å². The normalized spacial score (nSPS) is 23.7. The molecule has 2 unspecified atom stereocenters. The van der Waals surface area contributed by atoms with Crippen molar-refractivity contribution in [3.8, 4) is 11.5 Å². The molecule has 0 fully saturated rings. The quantitative estimate of drug-likeness (QED) is 0.291. The number of benzene rings is 1. The number of fused-ring (bicyclic) bond motifs is 3. The van der Waals surface area contributed by atoms with Crippen LogP contribution >= 0.6 is 0 Å². The van der Waals surface area contributed by atoms with Gasteiger partial charge in [-0.3, -0.25) is 0 Å². The molecule has 0 saturated carbocycles. The summed E-state index contributed by atoms with van der Waals surface area (Å²) in [5, 5.41) is 0. The summed E-state index contributed by atoms with van der Waals surface area (Å²) in [6, 6.07) is 4.63. The molecule has 2 aliphatic rings. The summed E-state index contributed by atoms with van der Waals surface area (Å²) in [5.41, 5.74) is 4.04. The number of allylic oxidation sites excluding steroid dienone is 2. The van der Waals surface area contributed by atoms with Gasteiger partial charge in [-0.25, -0.2) is 0 Å². The standard InChI is InChI=1S/C24H38O2Si/c1-8-9-10-11-18-15-21-23(22(16-18)26-27(5,6)7)19-14-17(2)12-13-20(19)24(3,4)25-21/h14-16,19-20H,8-13H2,1-7H3. The maximum absolute atomic E-state index is 6.63. The Hall–Kier alpha value is -1.22. The predicted octanol–water partition coefficient (Wildman–Crippen LogP) is 7.24. The van der Waals surface area contributed by atoms with Crippen molar-refractivity contribution in [1.29, 1.82) is 0 Å². The fraction of sp³-hybridized carbons (Fsp3) is 0.667. The summed E-state index contributed by atoms with van der Waals surface area (Å²) in [5.74, 6) is 3.08. The molecule has 3 heteroatoms. The Morgan fingerprint density at radius 1 is 1.19 bits per heavy atom. The lowest BCUT2D eigenvalue weighted by Crippen LogP contribution is -2.45. The molecule has 2 nitrogen and oxygen atoms in total. The topological polar surface area (TPSA) is 18.5 Å². The van der Waals surface area contributed by atoms with Crippen molar-refractivity contribution in [1.82, 2.24) is 0 Å². The van der Waals surface area contributed by atoms with E-state index >= 15 is 0 Å². The van der Waals surface area contributed by atoms with Gasteiger partial charge < -0.3 is 9.16 Å². The van der Waals surface area contributed by atoms with Crippen molar-refractivity contribution in [3.05, 3.63) is 34.9 Å². The molecule has 1 heterocycles. The molecule has 1 aliphatic heterocycles. The average molecular weight is 387 g/mol. The van der Waals surface area contributed by atoms with E-state index in [0.717, 1.165) is 17.9 Å². The molecule has 150 valence electrons. The number of hydrogen-bond donors (Lipinski definition) is 0. The Bertz CT molecular complexity index is 712. The first-order chi connectivity index (χ1) is 12.6. The van der Waals surface area contributed by atoms with Crippen molar-refractivity contribution >= 4 is 8.32 Å². The smallest absolute Gasteiger partial charge is 0.242 e. The largest absolute Gasteiger partial charge is 0.544 e. The molecule has 0 radical (unpaired) electrons. The van der Waals surface area contributed by atoms with Crippen molar-refractivity contribution in [3.63, 3.8) is 0 Å². The van der Waals surface area contributed by atoms with Crippen LogP contribution < -0.4 is 9.16 Å². The fourth-order valence-corrected chi connectivity index (χ4v) is 5.53. The number of hydrogen-bond acceptors (Lipinski definition) is 2. The highest BCUT2D eigenvalue weighted by Crippen LogP contribution is 2.54. The summed E-state index contributed by atoms with van der Waals surface area (Å²) in [7, 11) is -1.70. The minimum atomic E-state index is -1.70. The molecule has 0 spiro atoms. The summed E-state index contributed by atoms with van der Waals surface area (Å²) in [6.07, 6.45) is 9.74. The third-order valence-corrected chi connectivity index (χ3v) is 6.83. The van der Waals surface area contributed by atoms with Crippen LogP contribution in [0, 0.1) is 5.92 Å². The Morgan fingerprint density at radius 2 is 1.93 bits per heavy atom. The van der Waals surface area contributed by atoms with Crippen LogP contribution in [-0.4, -0.2) is 13.9 Å². The van der Waals surface area contributed by atoms with Crippen LogP contribution in [0.2, 0.25) is 19.6 Å². The SMILES string of the molecule is CCCCCc1cc2c(c(O[Si](C)(C)C)c1)C1C=C(C)CCC1C(C)(C)O2. The molecule has 27 heavy (non-hydrogen) atoms. The van der Waals surface area contributed by atoms with Crippen LogP contribution in [0.5, 0.6) is 11.5 Å². The van der Waals surface area contributed by atoms with Gasteiger partial charge in [-0.15, -0.1) is 0 Å². The lowest BCUT2D eigenvalue weighted by Gasteiger charge is -2.47. The van der Waals surface area contributed by atoms with Gasteiger partial charge >= 0.3 is 0 Å². The second kappa shape index (κ2) is 7.65. The van der Waals surface area contributed by atoms with Crippen LogP contribution in [0.25, 0.3) is 0 Å². The molecular formula is C24H38O2Si. The van der Waals surface area contributed by atoms with Crippen LogP contribution in [-0.2, 0) is 6.42 Å². The zero-order valence-corrected chi connectivity index (χ0v) is 19.4.